The lowest BCUT2D eigenvalue weighted by Gasteiger charge is -2.26. The lowest BCUT2D eigenvalue weighted by Crippen LogP contribution is -2.38. The highest BCUT2D eigenvalue weighted by atomic mass is 16.5. The van der Waals surface area contributed by atoms with Gasteiger partial charge in [0, 0.05) is 32.4 Å². The number of imidazole rings is 2. The molecule has 0 bridgehead atoms. The SMILES string of the molecule is CCc1ccc(-c2cn3c4ccccc4nc3n2CCN2CCOCC2)cc1. The van der Waals surface area contributed by atoms with Gasteiger partial charge in [-0.05, 0) is 29.7 Å². The van der Waals surface area contributed by atoms with Gasteiger partial charge in [-0.25, -0.2) is 4.98 Å². The molecule has 1 aliphatic rings. The summed E-state index contributed by atoms with van der Waals surface area (Å²) in [4.78, 5) is 7.42. The number of nitrogens with zero attached hydrogens (tertiary/aromatic N) is 4. The van der Waals surface area contributed by atoms with Crippen LogP contribution in [-0.2, 0) is 17.7 Å². The molecule has 4 aromatic rings. The molecule has 0 radical (unpaired) electrons. The minimum absolute atomic E-state index is 0.833. The number of aromatic nitrogens is 3. The normalized spacial score (nSPS) is 15.6. The molecule has 0 spiro atoms. The Morgan fingerprint density at radius 2 is 1.75 bits per heavy atom. The number of hydrogen-bond donors (Lipinski definition) is 0. The van der Waals surface area contributed by atoms with Gasteiger partial charge >= 0.3 is 0 Å². The quantitative estimate of drug-likeness (QED) is 0.532. The maximum Gasteiger partial charge on any atom is 0.215 e. The summed E-state index contributed by atoms with van der Waals surface area (Å²) in [6.45, 7) is 7.81. The van der Waals surface area contributed by atoms with Crippen LogP contribution in [0, 0.1) is 0 Å². The molecule has 2 aromatic carbocycles. The van der Waals surface area contributed by atoms with Gasteiger partial charge in [-0.3, -0.25) is 9.30 Å². The van der Waals surface area contributed by atoms with Crippen LogP contribution in [0.1, 0.15) is 12.5 Å². The monoisotopic (exact) mass is 374 g/mol. The number of para-hydroxylation sites is 2. The van der Waals surface area contributed by atoms with Gasteiger partial charge < -0.3 is 9.30 Å². The second kappa shape index (κ2) is 7.41. The smallest absolute Gasteiger partial charge is 0.215 e. The Morgan fingerprint density at radius 3 is 2.54 bits per heavy atom. The number of benzene rings is 2. The molecule has 28 heavy (non-hydrogen) atoms. The molecule has 0 unspecified atom stereocenters. The van der Waals surface area contributed by atoms with Gasteiger partial charge in [0.2, 0.25) is 5.78 Å². The standard InChI is InChI=1S/C23H26N4O/c1-2-18-7-9-19(10-8-18)22-17-27-21-6-4-3-5-20(21)24-23(27)26(22)12-11-25-13-15-28-16-14-25/h3-10,17H,2,11-16H2,1H3. The lowest BCUT2D eigenvalue weighted by atomic mass is 10.1. The predicted octanol–water partition coefficient (Wildman–Crippen LogP) is 3.85. The highest BCUT2D eigenvalue weighted by molar-refractivity contribution is 5.81. The summed E-state index contributed by atoms with van der Waals surface area (Å²) in [7, 11) is 0. The molecule has 0 saturated carbocycles. The first-order valence-electron chi connectivity index (χ1n) is 10.2. The average Bonchev–Trinajstić information content (AvgIpc) is 3.29. The van der Waals surface area contributed by atoms with Gasteiger partial charge in [0.15, 0.2) is 0 Å². The molecule has 1 fully saturated rings. The highest BCUT2D eigenvalue weighted by Crippen LogP contribution is 2.27. The topological polar surface area (TPSA) is 34.7 Å². The van der Waals surface area contributed by atoms with Crippen molar-refractivity contribution in [3.63, 3.8) is 0 Å². The Hall–Kier alpha value is -2.63. The third-order valence-electron chi connectivity index (χ3n) is 5.76. The van der Waals surface area contributed by atoms with E-state index in [0.29, 0.717) is 0 Å². The van der Waals surface area contributed by atoms with Crippen molar-refractivity contribution in [2.45, 2.75) is 19.9 Å². The van der Waals surface area contributed by atoms with E-state index in [1.807, 2.05) is 0 Å². The Labute approximate surface area is 165 Å². The molecule has 1 saturated heterocycles. The molecule has 144 valence electrons. The second-order valence-electron chi connectivity index (χ2n) is 7.44. The fourth-order valence-corrected chi connectivity index (χ4v) is 4.08. The minimum Gasteiger partial charge on any atom is -0.379 e. The van der Waals surface area contributed by atoms with Crippen molar-refractivity contribution in [3.8, 4) is 11.3 Å². The average molecular weight is 374 g/mol. The van der Waals surface area contributed by atoms with E-state index in [4.69, 9.17) is 9.72 Å². The van der Waals surface area contributed by atoms with Crippen LogP contribution in [0.3, 0.4) is 0 Å². The van der Waals surface area contributed by atoms with Crippen LogP contribution in [-0.4, -0.2) is 51.7 Å². The van der Waals surface area contributed by atoms with E-state index in [9.17, 15) is 0 Å². The Morgan fingerprint density at radius 1 is 0.964 bits per heavy atom. The molecule has 2 aromatic heterocycles. The molecule has 5 rings (SSSR count). The van der Waals surface area contributed by atoms with Gasteiger partial charge in [-0.2, -0.15) is 0 Å². The van der Waals surface area contributed by atoms with E-state index in [1.54, 1.807) is 0 Å². The van der Waals surface area contributed by atoms with Gasteiger partial charge in [-0.1, -0.05) is 43.3 Å². The van der Waals surface area contributed by atoms with Gasteiger partial charge in [-0.15, -0.1) is 0 Å². The van der Waals surface area contributed by atoms with Gasteiger partial charge in [0.25, 0.3) is 0 Å². The molecule has 0 amide bonds. The Balaban J connectivity index is 1.58. The molecule has 0 atom stereocenters. The largest absolute Gasteiger partial charge is 0.379 e. The van der Waals surface area contributed by atoms with E-state index in [0.717, 1.165) is 62.6 Å². The van der Waals surface area contributed by atoms with Crippen LogP contribution >= 0.6 is 0 Å². The van der Waals surface area contributed by atoms with Crippen LogP contribution in [0.2, 0.25) is 0 Å². The van der Waals surface area contributed by atoms with Gasteiger partial charge in [0.1, 0.15) is 0 Å². The van der Waals surface area contributed by atoms with E-state index in [2.05, 4.69) is 75.5 Å². The van der Waals surface area contributed by atoms with Crippen molar-refractivity contribution in [1.82, 2.24) is 18.9 Å². The number of rotatable bonds is 5. The highest BCUT2D eigenvalue weighted by Gasteiger charge is 2.17. The summed E-state index contributed by atoms with van der Waals surface area (Å²) in [5.74, 6) is 1.02. The van der Waals surface area contributed by atoms with Crippen LogP contribution in [0.15, 0.2) is 54.7 Å². The van der Waals surface area contributed by atoms with Crippen molar-refractivity contribution in [3.05, 3.63) is 60.3 Å². The molecule has 0 N–H and O–H groups in total. The van der Waals surface area contributed by atoms with E-state index >= 15 is 0 Å². The summed E-state index contributed by atoms with van der Waals surface area (Å²) in [6, 6.07) is 17.3. The first-order chi connectivity index (χ1) is 13.8. The maximum atomic E-state index is 5.50. The van der Waals surface area contributed by atoms with Crippen molar-refractivity contribution < 1.29 is 4.74 Å². The Kier molecular flexibility index (Phi) is 4.63. The fourth-order valence-electron chi connectivity index (χ4n) is 4.08. The summed E-state index contributed by atoms with van der Waals surface area (Å²) < 4.78 is 10.1. The Bertz CT molecular complexity index is 1090. The number of hydrogen-bond acceptors (Lipinski definition) is 3. The lowest BCUT2D eigenvalue weighted by molar-refractivity contribution is 0.0365. The third kappa shape index (κ3) is 3.11. The third-order valence-corrected chi connectivity index (χ3v) is 5.76. The van der Waals surface area contributed by atoms with E-state index < -0.39 is 0 Å². The van der Waals surface area contributed by atoms with Crippen molar-refractivity contribution in [2.75, 3.05) is 32.8 Å². The molecular formula is C23H26N4O. The zero-order valence-electron chi connectivity index (χ0n) is 16.3. The van der Waals surface area contributed by atoms with Crippen LogP contribution in [0.5, 0.6) is 0 Å². The molecule has 5 heteroatoms. The number of fused-ring (bicyclic) bond motifs is 3. The van der Waals surface area contributed by atoms with Crippen LogP contribution in [0.25, 0.3) is 28.1 Å². The number of aryl methyl sites for hydroxylation is 1. The minimum atomic E-state index is 0.833. The molecule has 5 nitrogen and oxygen atoms in total. The fraction of sp³-hybridized carbons (Fsp3) is 0.348. The van der Waals surface area contributed by atoms with Crippen LogP contribution in [0.4, 0.5) is 0 Å². The van der Waals surface area contributed by atoms with Crippen LogP contribution < -0.4 is 0 Å². The predicted molar refractivity (Wildman–Crippen MR) is 113 cm³/mol. The zero-order valence-corrected chi connectivity index (χ0v) is 16.3. The summed E-state index contributed by atoms with van der Waals surface area (Å²) in [6.07, 6.45) is 3.30. The molecule has 0 aliphatic carbocycles. The molecule has 3 heterocycles. The number of ether oxygens (including phenoxy) is 1. The number of morpholine rings is 1. The zero-order chi connectivity index (χ0) is 18.9. The summed E-state index contributed by atoms with van der Waals surface area (Å²) >= 11 is 0. The van der Waals surface area contributed by atoms with Crippen molar-refractivity contribution in [2.24, 2.45) is 0 Å². The molecule has 1 aliphatic heterocycles. The van der Waals surface area contributed by atoms with Crippen molar-refractivity contribution >= 4 is 16.8 Å². The van der Waals surface area contributed by atoms with E-state index in [1.165, 1.54) is 16.8 Å². The maximum absolute atomic E-state index is 5.50. The second-order valence-corrected chi connectivity index (χ2v) is 7.44. The first-order valence-corrected chi connectivity index (χ1v) is 10.2. The van der Waals surface area contributed by atoms with Crippen molar-refractivity contribution in [1.29, 1.82) is 0 Å². The van der Waals surface area contributed by atoms with Gasteiger partial charge in [0.05, 0.1) is 29.9 Å². The molecular weight excluding hydrogens is 348 g/mol. The van der Waals surface area contributed by atoms with E-state index in [-0.39, 0.29) is 0 Å². The summed E-state index contributed by atoms with van der Waals surface area (Å²) in [5, 5.41) is 0. The first kappa shape index (κ1) is 17.5. The summed E-state index contributed by atoms with van der Waals surface area (Å²) in [5.41, 5.74) is 6.04.